The maximum Gasteiger partial charge on any atom is 0.375 e. The highest BCUT2D eigenvalue weighted by atomic mass is 16.4. The van der Waals surface area contributed by atoms with Crippen molar-refractivity contribution in [3.8, 4) is 0 Å². The zero-order valence-corrected chi connectivity index (χ0v) is 8.53. The Hall–Kier alpha value is -1.39. The Morgan fingerprint density at radius 2 is 2.21 bits per heavy atom. The summed E-state index contributed by atoms with van der Waals surface area (Å²) in [7, 11) is 1.72. The molecule has 0 spiro atoms. The van der Waals surface area contributed by atoms with Gasteiger partial charge in [0.25, 0.3) is 5.82 Å². The molecule has 0 aliphatic rings. The number of carbonyl (C=O) groups is 1. The number of rotatable bonds is 5. The van der Waals surface area contributed by atoms with E-state index in [4.69, 9.17) is 5.11 Å². The summed E-state index contributed by atoms with van der Waals surface area (Å²) in [6.45, 7) is 2.12. The Kier molecular flexibility index (Phi) is 3.62. The van der Waals surface area contributed by atoms with Gasteiger partial charge in [0.05, 0.1) is 0 Å². The predicted octanol–water partition coefficient (Wildman–Crippen LogP) is 1.25. The van der Waals surface area contributed by atoms with Gasteiger partial charge >= 0.3 is 5.97 Å². The van der Waals surface area contributed by atoms with E-state index in [1.54, 1.807) is 11.7 Å². The maximum absolute atomic E-state index is 10.6. The maximum atomic E-state index is 10.6. The summed E-state index contributed by atoms with van der Waals surface area (Å²) in [5, 5.41) is 12.5. The van der Waals surface area contributed by atoms with Crippen molar-refractivity contribution in [2.24, 2.45) is 7.05 Å². The summed E-state index contributed by atoms with van der Waals surface area (Å²) in [4.78, 5) is 14.5. The third kappa shape index (κ3) is 2.55. The van der Waals surface area contributed by atoms with Crippen LogP contribution >= 0.6 is 0 Å². The molecule has 14 heavy (non-hydrogen) atoms. The van der Waals surface area contributed by atoms with Crippen LogP contribution in [-0.4, -0.2) is 25.8 Å². The van der Waals surface area contributed by atoms with E-state index in [1.165, 1.54) is 0 Å². The van der Waals surface area contributed by atoms with Crippen LogP contribution in [0.25, 0.3) is 0 Å². The van der Waals surface area contributed by atoms with Crippen LogP contribution in [0.3, 0.4) is 0 Å². The van der Waals surface area contributed by atoms with Crippen molar-refractivity contribution in [1.29, 1.82) is 0 Å². The molecule has 0 saturated carbocycles. The second kappa shape index (κ2) is 4.74. The molecule has 1 aromatic rings. The fraction of sp³-hybridized carbons (Fsp3) is 0.667. The van der Waals surface area contributed by atoms with Crippen molar-refractivity contribution in [2.45, 2.75) is 32.6 Å². The van der Waals surface area contributed by atoms with Crippen LogP contribution < -0.4 is 0 Å². The fourth-order valence-electron chi connectivity index (χ4n) is 1.26. The number of aryl methyl sites for hydroxylation is 2. The summed E-state index contributed by atoms with van der Waals surface area (Å²) in [6, 6.07) is 0. The number of hydrogen-bond donors (Lipinski definition) is 1. The number of aromatic nitrogens is 3. The molecule has 0 atom stereocenters. The van der Waals surface area contributed by atoms with Gasteiger partial charge in [0.15, 0.2) is 0 Å². The van der Waals surface area contributed by atoms with Crippen LogP contribution in [0.5, 0.6) is 0 Å². The number of carboxylic acids is 1. The van der Waals surface area contributed by atoms with E-state index in [-0.39, 0.29) is 5.82 Å². The molecular weight excluding hydrogens is 182 g/mol. The van der Waals surface area contributed by atoms with E-state index in [0.717, 1.165) is 31.5 Å². The second-order valence-corrected chi connectivity index (χ2v) is 3.24. The molecule has 0 saturated heterocycles. The minimum absolute atomic E-state index is 0.112. The van der Waals surface area contributed by atoms with Crippen molar-refractivity contribution in [3.05, 3.63) is 11.6 Å². The topological polar surface area (TPSA) is 68.0 Å². The van der Waals surface area contributed by atoms with Gasteiger partial charge in [-0.1, -0.05) is 19.8 Å². The first kappa shape index (κ1) is 10.7. The Balaban J connectivity index is 2.63. The van der Waals surface area contributed by atoms with Gasteiger partial charge < -0.3 is 5.11 Å². The predicted molar refractivity (Wildman–Crippen MR) is 51.2 cm³/mol. The average Bonchev–Trinajstić information content (AvgIpc) is 2.49. The summed E-state index contributed by atoms with van der Waals surface area (Å²) in [5.41, 5.74) is 0. The highest BCUT2D eigenvalue weighted by Crippen LogP contribution is 2.04. The summed E-state index contributed by atoms with van der Waals surface area (Å²) in [5.74, 6) is -0.433. The van der Waals surface area contributed by atoms with Gasteiger partial charge in [-0.2, -0.15) is 0 Å². The van der Waals surface area contributed by atoms with Crippen LogP contribution in [0.15, 0.2) is 0 Å². The third-order valence-corrected chi connectivity index (χ3v) is 2.05. The third-order valence-electron chi connectivity index (χ3n) is 2.05. The molecule has 0 aliphatic carbocycles. The number of aromatic carboxylic acids is 1. The average molecular weight is 197 g/mol. The Labute approximate surface area is 82.8 Å². The molecular formula is C9H15N3O2. The van der Waals surface area contributed by atoms with Crippen LogP contribution in [0.4, 0.5) is 0 Å². The first-order chi connectivity index (χ1) is 6.65. The number of carboxylic acid groups (broad SMARTS) is 1. The monoisotopic (exact) mass is 197 g/mol. The number of hydrogen-bond acceptors (Lipinski definition) is 3. The largest absolute Gasteiger partial charge is 0.475 e. The van der Waals surface area contributed by atoms with Gasteiger partial charge in [-0.15, -0.1) is 5.10 Å². The van der Waals surface area contributed by atoms with Gasteiger partial charge in [0.1, 0.15) is 5.82 Å². The summed E-state index contributed by atoms with van der Waals surface area (Å²) < 4.78 is 1.54. The minimum Gasteiger partial charge on any atom is -0.475 e. The fourth-order valence-corrected chi connectivity index (χ4v) is 1.26. The van der Waals surface area contributed by atoms with E-state index >= 15 is 0 Å². The first-order valence-electron chi connectivity index (χ1n) is 4.78. The van der Waals surface area contributed by atoms with Gasteiger partial charge in [-0.05, 0) is 6.42 Å². The van der Waals surface area contributed by atoms with Crippen LogP contribution in [-0.2, 0) is 13.5 Å². The molecule has 0 fully saturated rings. The van der Waals surface area contributed by atoms with Crippen molar-refractivity contribution in [2.75, 3.05) is 0 Å². The van der Waals surface area contributed by atoms with E-state index < -0.39 is 5.97 Å². The molecule has 1 rings (SSSR count). The van der Waals surface area contributed by atoms with Gasteiger partial charge in [0.2, 0.25) is 0 Å². The summed E-state index contributed by atoms with van der Waals surface area (Å²) >= 11 is 0. The van der Waals surface area contributed by atoms with E-state index in [2.05, 4.69) is 17.0 Å². The zero-order chi connectivity index (χ0) is 10.6. The smallest absolute Gasteiger partial charge is 0.375 e. The molecule has 0 aromatic carbocycles. The molecule has 0 aliphatic heterocycles. The number of nitrogens with zero attached hydrogens (tertiary/aromatic N) is 3. The van der Waals surface area contributed by atoms with E-state index in [0.29, 0.717) is 0 Å². The van der Waals surface area contributed by atoms with Gasteiger partial charge in [-0.25, -0.2) is 9.78 Å². The molecule has 78 valence electrons. The second-order valence-electron chi connectivity index (χ2n) is 3.24. The molecule has 1 heterocycles. The molecule has 1 N–H and O–H groups in total. The van der Waals surface area contributed by atoms with Gasteiger partial charge in [-0.3, -0.25) is 4.68 Å². The van der Waals surface area contributed by atoms with Crippen LogP contribution in [0.1, 0.15) is 42.6 Å². The lowest BCUT2D eigenvalue weighted by Gasteiger charge is -1.97. The lowest BCUT2D eigenvalue weighted by atomic mass is 10.2. The van der Waals surface area contributed by atoms with Crippen molar-refractivity contribution in [3.63, 3.8) is 0 Å². The standard InChI is InChI=1S/C9H15N3O2/c1-3-4-5-6-7-10-8(9(13)14)11-12(7)2/h3-6H2,1-2H3,(H,13,14). The molecule has 0 bridgehead atoms. The van der Waals surface area contributed by atoms with Gasteiger partial charge in [0, 0.05) is 13.5 Å². The Bertz CT molecular complexity index is 320. The normalized spacial score (nSPS) is 10.4. The summed E-state index contributed by atoms with van der Waals surface area (Å²) in [6.07, 6.45) is 4.10. The van der Waals surface area contributed by atoms with Crippen LogP contribution in [0, 0.1) is 0 Å². The van der Waals surface area contributed by atoms with Crippen molar-refractivity contribution >= 4 is 5.97 Å². The highest BCUT2D eigenvalue weighted by Gasteiger charge is 2.12. The number of unbranched alkanes of at least 4 members (excludes halogenated alkanes) is 2. The first-order valence-corrected chi connectivity index (χ1v) is 4.78. The lowest BCUT2D eigenvalue weighted by Crippen LogP contribution is -2.00. The SMILES string of the molecule is CCCCCc1nc(C(=O)O)nn1C. The quantitative estimate of drug-likeness (QED) is 0.721. The minimum atomic E-state index is -1.07. The Morgan fingerprint density at radius 1 is 1.50 bits per heavy atom. The zero-order valence-electron chi connectivity index (χ0n) is 8.53. The van der Waals surface area contributed by atoms with Crippen molar-refractivity contribution in [1.82, 2.24) is 14.8 Å². The van der Waals surface area contributed by atoms with Crippen LogP contribution in [0.2, 0.25) is 0 Å². The molecule has 5 nitrogen and oxygen atoms in total. The molecule has 0 unspecified atom stereocenters. The lowest BCUT2D eigenvalue weighted by molar-refractivity contribution is 0.0683. The highest BCUT2D eigenvalue weighted by molar-refractivity contribution is 5.82. The van der Waals surface area contributed by atoms with E-state index in [9.17, 15) is 4.79 Å². The van der Waals surface area contributed by atoms with Crippen molar-refractivity contribution < 1.29 is 9.90 Å². The van der Waals surface area contributed by atoms with E-state index in [1.807, 2.05) is 0 Å². The molecule has 0 radical (unpaired) electrons. The molecule has 1 aromatic heterocycles. The molecule has 5 heteroatoms. The Morgan fingerprint density at radius 3 is 2.71 bits per heavy atom. The molecule has 0 amide bonds.